The maximum atomic E-state index is 5.75. The zero-order valence-corrected chi connectivity index (χ0v) is 11.5. The predicted molar refractivity (Wildman–Crippen MR) is 71.7 cm³/mol. The van der Waals surface area contributed by atoms with E-state index in [1.807, 2.05) is 6.92 Å². The molecule has 1 unspecified atom stereocenters. The molecule has 0 bridgehead atoms. The van der Waals surface area contributed by atoms with Gasteiger partial charge in [0.05, 0.1) is 10.9 Å². The van der Waals surface area contributed by atoms with E-state index < -0.39 is 0 Å². The van der Waals surface area contributed by atoms with Gasteiger partial charge >= 0.3 is 0 Å². The number of thiophene rings is 1. The van der Waals surface area contributed by atoms with E-state index in [1.165, 1.54) is 29.7 Å². The number of nitrogens with one attached hydrogen (secondary N) is 1. The van der Waals surface area contributed by atoms with Crippen LogP contribution in [0.4, 0.5) is 0 Å². The molecule has 0 fully saturated rings. The van der Waals surface area contributed by atoms with E-state index in [9.17, 15) is 0 Å². The fourth-order valence-electron chi connectivity index (χ4n) is 2.34. The number of nitrogens with zero attached hydrogens (tertiary/aromatic N) is 2. The zero-order chi connectivity index (χ0) is 12.5. The molecule has 2 heterocycles. The van der Waals surface area contributed by atoms with E-state index in [4.69, 9.17) is 4.42 Å². The van der Waals surface area contributed by atoms with Gasteiger partial charge in [0.1, 0.15) is 0 Å². The molecule has 1 aliphatic rings. The van der Waals surface area contributed by atoms with Gasteiger partial charge in [-0.1, -0.05) is 6.92 Å². The minimum Gasteiger partial charge on any atom is -0.418 e. The topological polar surface area (TPSA) is 51.0 Å². The van der Waals surface area contributed by atoms with Crippen LogP contribution in [0.5, 0.6) is 0 Å². The van der Waals surface area contributed by atoms with Crippen molar-refractivity contribution in [1.82, 2.24) is 15.5 Å². The van der Waals surface area contributed by atoms with Crippen LogP contribution in [0.15, 0.2) is 10.5 Å². The molecule has 1 N–H and O–H groups in total. The van der Waals surface area contributed by atoms with Crippen molar-refractivity contribution in [3.05, 3.63) is 22.4 Å². The molecule has 0 saturated carbocycles. The first kappa shape index (κ1) is 11.9. The molecule has 0 saturated heterocycles. The van der Waals surface area contributed by atoms with E-state index in [2.05, 4.69) is 28.5 Å². The molecule has 2 aromatic rings. The summed E-state index contributed by atoms with van der Waals surface area (Å²) in [7, 11) is 0. The molecule has 0 radical (unpaired) electrons. The van der Waals surface area contributed by atoms with E-state index in [-0.39, 0.29) is 6.04 Å². The summed E-state index contributed by atoms with van der Waals surface area (Å²) in [6.07, 6.45) is 3.68. The second-order valence-corrected chi connectivity index (χ2v) is 5.77. The number of fused-ring (bicyclic) bond motifs is 1. The maximum absolute atomic E-state index is 5.75. The van der Waals surface area contributed by atoms with Gasteiger partial charge in [-0.2, -0.15) is 0 Å². The number of hydrogen-bond acceptors (Lipinski definition) is 5. The molecule has 0 spiro atoms. The minimum absolute atomic E-state index is 0.114. The molecule has 2 aromatic heterocycles. The summed E-state index contributed by atoms with van der Waals surface area (Å²) in [4.78, 5) is 2.60. The lowest BCUT2D eigenvalue weighted by Gasteiger charge is -2.05. The van der Waals surface area contributed by atoms with Crippen LogP contribution in [0.2, 0.25) is 0 Å². The first-order chi connectivity index (χ1) is 8.78. The fraction of sp³-hybridized carbons (Fsp3) is 0.538. The van der Waals surface area contributed by atoms with Gasteiger partial charge in [0.2, 0.25) is 5.89 Å². The lowest BCUT2D eigenvalue weighted by atomic mass is 10.2. The van der Waals surface area contributed by atoms with Gasteiger partial charge in [-0.3, -0.25) is 0 Å². The minimum atomic E-state index is 0.114. The SMILES string of the molecule is CCNC(C)c1nnc(-c2cc3c(s2)CCC3)o1. The number of aryl methyl sites for hydroxylation is 2. The van der Waals surface area contributed by atoms with Crippen molar-refractivity contribution in [2.75, 3.05) is 6.54 Å². The van der Waals surface area contributed by atoms with Gasteiger partial charge in [-0.05, 0) is 44.4 Å². The third-order valence-electron chi connectivity index (χ3n) is 3.28. The molecule has 1 aliphatic carbocycles. The van der Waals surface area contributed by atoms with Gasteiger partial charge in [-0.15, -0.1) is 21.5 Å². The summed E-state index contributed by atoms with van der Waals surface area (Å²) in [5, 5.41) is 11.6. The monoisotopic (exact) mass is 263 g/mol. The molecule has 18 heavy (non-hydrogen) atoms. The van der Waals surface area contributed by atoms with Crippen molar-refractivity contribution in [3.63, 3.8) is 0 Å². The smallest absolute Gasteiger partial charge is 0.257 e. The number of aromatic nitrogens is 2. The second kappa shape index (κ2) is 4.82. The Morgan fingerprint density at radius 3 is 3.11 bits per heavy atom. The molecule has 3 rings (SSSR count). The third kappa shape index (κ3) is 2.08. The van der Waals surface area contributed by atoms with Gasteiger partial charge < -0.3 is 9.73 Å². The summed E-state index contributed by atoms with van der Waals surface area (Å²) >= 11 is 1.80. The van der Waals surface area contributed by atoms with E-state index >= 15 is 0 Å². The Morgan fingerprint density at radius 2 is 2.33 bits per heavy atom. The van der Waals surface area contributed by atoms with Gasteiger partial charge in [0.15, 0.2) is 0 Å². The van der Waals surface area contributed by atoms with Crippen molar-refractivity contribution in [2.24, 2.45) is 0 Å². The first-order valence-electron chi connectivity index (χ1n) is 6.46. The molecule has 1 atom stereocenters. The van der Waals surface area contributed by atoms with Crippen molar-refractivity contribution >= 4 is 11.3 Å². The van der Waals surface area contributed by atoms with Crippen molar-refractivity contribution < 1.29 is 4.42 Å². The molecule has 0 aromatic carbocycles. The fourth-order valence-corrected chi connectivity index (χ4v) is 3.51. The normalized spacial score (nSPS) is 15.9. The lowest BCUT2D eigenvalue weighted by Crippen LogP contribution is -2.17. The Bertz CT molecular complexity index is 525. The molecule has 0 amide bonds. The van der Waals surface area contributed by atoms with Crippen LogP contribution in [-0.4, -0.2) is 16.7 Å². The highest BCUT2D eigenvalue weighted by atomic mass is 32.1. The Labute approximate surface area is 110 Å². The van der Waals surface area contributed by atoms with Gasteiger partial charge in [0, 0.05) is 4.88 Å². The van der Waals surface area contributed by atoms with Crippen LogP contribution in [-0.2, 0) is 12.8 Å². The number of hydrogen-bond donors (Lipinski definition) is 1. The molecular formula is C13H17N3OS. The average molecular weight is 263 g/mol. The first-order valence-corrected chi connectivity index (χ1v) is 7.28. The average Bonchev–Trinajstić information content (AvgIpc) is 3.03. The highest BCUT2D eigenvalue weighted by molar-refractivity contribution is 7.15. The van der Waals surface area contributed by atoms with Crippen molar-refractivity contribution in [1.29, 1.82) is 0 Å². The zero-order valence-electron chi connectivity index (χ0n) is 10.7. The molecule has 0 aliphatic heterocycles. The van der Waals surface area contributed by atoms with E-state index in [0.29, 0.717) is 11.8 Å². The Hall–Kier alpha value is -1.20. The summed E-state index contributed by atoms with van der Waals surface area (Å²) in [6, 6.07) is 2.32. The third-order valence-corrected chi connectivity index (χ3v) is 4.50. The molecule has 96 valence electrons. The number of rotatable bonds is 4. The molecular weight excluding hydrogens is 246 g/mol. The Balaban J connectivity index is 1.84. The van der Waals surface area contributed by atoms with Crippen LogP contribution >= 0.6 is 11.3 Å². The Morgan fingerprint density at radius 1 is 1.44 bits per heavy atom. The second-order valence-electron chi connectivity index (χ2n) is 4.64. The van der Waals surface area contributed by atoms with Crippen LogP contribution in [0.25, 0.3) is 10.8 Å². The molecule has 4 nitrogen and oxygen atoms in total. The Kier molecular flexibility index (Phi) is 3.18. The van der Waals surface area contributed by atoms with Gasteiger partial charge in [-0.25, -0.2) is 0 Å². The highest BCUT2D eigenvalue weighted by Gasteiger charge is 2.20. The largest absolute Gasteiger partial charge is 0.418 e. The summed E-state index contributed by atoms with van der Waals surface area (Å²) in [5.74, 6) is 1.33. The van der Waals surface area contributed by atoms with Gasteiger partial charge in [0.25, 0.3) is 5.89 Å². The van der Waals surface area contributed by atoms with Crippen molar-refractivity contribution in [3.8, 4) is 10.8 Å². The van der Waals surface area contributed by atoms with Crippen LogP contribution in [0.1, 0.15) is 42.6 Å². The summed E-state index contributed by atoms with van der Waals surface area (Å²) in [6.45, 7) is 5.00. The predicted octanol–water partition coefficient (Wildman–Crippen LogP) is 2.96. The van der Waals surface area contributed by atoms with E-state index in [0.717, 1.165) is 11.4 Å². The molecule has 5 heteroatoms. The van der Waals surface area contributed by atoms with Crippen molar-refractivity contribution in [2.45, 2.75) is 39.2 Å². The van der Waals surface area contributed by atoms with E-state index in [1.54, 1.807) is 11.3 Å². The van der Waals surface area contributed by atoms with Crippen LogP contribution < -0.4 is 5.32 Å². The standard InChI is InChI=1S/C13H17N3OS/c1-3-14-8(2)12-15-16-13(17-12)11-7-9-5-4-6-10(9)18-11/h7-8,14H,3-6H2,1-2H3. The quantitative estimate of drug-likeness (QED) is 0.921. The highest BCUT2D eigenvalue weighted by Crippen LogP contribution is 2.36. The van der Waals surface area contributed by atoms with Crippen LogP contribution in [0, 0.1) is 0 Å². The summed E-state index contributed by atoms with van der Waals surface area (Å²) < 4.78 is 5.75. The lowest BCUT2D eigenvalue weighted by molar-refractivity contribution is 0.429. The maximum Gasteiger partial charge on any atom is 0.257 e. The summed E-state index contributed by atoms with van der Waals surface area (Å²) in [5.41, 5.74) is 1.47. The van der Waals surface area contributed by atoms with Crippen LogP contribution in [0.3, 0.4) is 0 Å².